The molecule has 0 radical (unpaired) electrons. The minimum atomic E-state index is -4.45. The maximum Gasteiger partial charge on any atom is 0.304 e. The molecule has 0 bridgehead atoms. The van der Waals surface area contributed by atoms with Crippen molar-refractivity contribution < 1.29 is 17.0 Å². The van der Waals surface area contributed by atoms with Crippen LogP contribution in [0, 0.1) is 5.41 Å². The van der Waals surface area contributed by atoms with Gasteiger partial charge in [-0.25, -0.2) is 0 Å². The van der Waals surface area contributed by atoms with Gasteiger partial charge in [0.1, 0.15) is 5.75 Å². The van der Waals surface area contributed by atoms with E-state index in [1.807, 2.05) is 0 Å². The normalized spacial score (nSPS) is 36.2. The van der Waals surface area contributed by atoms with Crippen LogP contribution in [0.3, 0.4) is 0 Å². The van der Waals surface area contributed by atoms with E-state index in [0.717, 1.165) is 38.8 Å². The molecule has 1 spiro atoms. The molecule has 0 aromatic carbocycles. The Kier molecular flexibility index (Phi) is 3.75. The molecule has 2 fully saturated rings. The maximum atomic E-state index is 12.8. The molecule has 4 nitrogen and oxygen atoms in total. The van der Waals surface area contributed by atoms with E-state index >= 15 is 0 Å². The van der Waals surface area contributed by atoms with E-state index in [1.165, 1.54) is 0 Å². The molecule has 0 amide bonds. The van der Waals surface area contributed by atoms with E-state index in [1.54, 1.807) is 0 Å². The van der Waals surface area contributed by atoms with E-state index in [2.05, 4.69) is 11.9 Å². The van der Waals surface area contributed by atoms with Gasteiger partial charge in [-0.1, -0.05) is 0 Å². The summed E-state index contributed by atoms with van der Waals surface area (Å²) in [4.78, 5) is 2.24. The Bertz CT molecular complexity index is 373. The second kappa shape index (κ2) is 4.82. The van der Waals surface area contributed by atoms with Crippen molar-refractivity contribution in [1.82, 2.24) is 4.90 Å². The number of hydrogen-bond donors (Lipinski definition) is 0. The molecular formula is C11H20FNO3S. The summed E-state index contributed by atoms with van der Waals surface area (Å²) < 4.78 is 39.9. The lowest BCUT2D eigenvalue weighted by atomic mass is 9.75. The zero-order valence-corrected chi connectivity index (χ0v) is 11.0. The van der Waals surface area contributed by atoms with Gasteiger partial charge in [0.2, 0.25) is 0 Å². The van der Waals surface area contributed by atoms with Gasteiger partial charge < -0.3 is 9.64 Å². The largest absolute Gasteiger partial charge is 0.376 e. The van der Waals surface area contributed by atoms with Gasteiger partial charge >= 0.3 is 10.2 Å². The minimum absolute atomic E-state index is 0.121. The number of rotatable bonds is 2. The smallest absolute Gasteiger partial charge is 0.304 e. The standard InChI is InChI=1S/C11H20FNO3S/c1-13-6-2-3-11(4-7-13)5-8-16-10(11)9-17(12,14)15/h10H,2-9H2,1H3. The van der Waals surface area contributed by atoms with Crippen LogP contribution in [0.4, 0.5) is 3.89 Å². The summed E-state index contributed by atoms with van der Waals surface area (Å²) in [5.74, 6) is -0.475. The van der Waals surface area contributed by atoms with Crippen molar-refractivity contribution in [2.24, 2.45) is 5.41 Å². The highest BCUT2D eigenvalue weighted by Gasteiger charge is 2.46. The summed E-state index contributed by atoms with van der Waals surface area (Å²) in [5.41, 5.74) is -0.121. The molecular weight excluding hydrogens is 245 g/mol. The van der Waals surface area contributed by atoms with Crippen LogP contribution in [0.15, 0.2) is 0 Å². The van der Waals surface area contributed by atoms with Crippen molar-refractivity contribution in [3.05, 3.63) is 0 Å². The van der Waals surface area contributed by atoms with Gasteiger partial charge in [0.25, 0.3) is 0 Å². The van der Waals surface area contributed by atoms with E-state index in [-0.39, 0.29) is 5.41 Å². The number of nitrogens with zero attached hydrogens (tertiary/aromatic N) is 1. The first-order chi connectivity index (χ1) is 7.91. The van der Waals surface area contributed by atoms with Crippen LogP contribution in [0.1, 0.15) is 25.7 Å². The van der Waals surface area contributed by atoms with Gasteiger partial charge in [-0.3, -0.25) is 0 Å². The fraction of sp³-hybridized carbons (Fsp3) is 1.00. The lowest BCUT2D eigenvalue weighted by molar-refractivity contribution is 0.0574. The van der Waals surface area contributed by atoms with Gasteiger partial charge in [0.15, 0.2) is 0 Å². The first-order valence-corrected chi connectivity index (χ1v) is 7.69. The summed E-state index contributed by atoms with van der Waals surface area (Å²) in [7, 11) is -2.38. The molecule has 2 heterocycles. The summed E-state index contributed by atoms with van der Waals surface area (Å²) >= 11 is 0. The van der Waals surface area contributed by atoms with Crippen molar-refractivity contribution in [2.45, 2.75) is 31.8 Å². The number of hydrogen-bond acceptors (Lipinski definition) is 4. The first-order valence-electron chi connectivity index (χ1n) is 6.14. The highest BCUT2D eigenvalue weighted by molar-refractivity contribution is 7.86. The van der Waals surface area contributed by atoms with Gasteiger partial charge in [-0.15, -0.1) is 3.89 Å². The second-order valence-electron chi connectivity index (χ2n) is 5.33. The lowest BCUT2D eigenvalue weighted by Gasteiger charge is -2.32. The van der Waals surface area contributed by atoms with Gasteiger partial charge in [-0.05, 0) is 45.8 Å². The SMILES string of the molecule is CN1CCCC2(CCOC2CS(=O)(=O)F)CC1. The summed E-state index contributed by atoms with van der Waals surface area (Å²) in [6, 6.07) is 0. The molecule has 0 saturated carbocycles. The van der Waals surface area contributed by atoms with Crippen LogP contribution in [0.25, 0.3) is 0 Å². The Labute approximate surface area is 102 Å². The highest BCUT2D eigenvalue weighted by Crippen LogP contribution is 2.44. The van der Waals surface area contributed by atoms with Crippen LogP contribution >= 0.6 is 0 Å². The van der Waals surface area contributed by atoms with Crippen molar-refractivity contribution >= 4 is 10.2 Å². The topological polar surface area (TPSA) is 46.6 Å². The molecule has 0 N–H and O–H groups in total. The second-order valence-corrected chi connectivity index (χ2v) is 6.75. The first kappa shape index (κ1) is 13.2. The number of ether oxygens (including phenoxy) is 1. The van der Waals surface area contributed by atoms with Crippen molar-refractivity contribution in [3.63, 3.8) is 0 Å². The van der Waals surface area contributed by atoms with Crippen LogP contribution in [-0.4, -0.2) is 51.9 Å². The molecule has 2 saturated heterocycles. The van der Waals surface area contributed by atoms with Crippen molar-refractivity contribution in [2.75, 3.05) is 32.5 Å². The third-order valence-corrected chi connectivity index (χ3v) is 4.86. The van der Waals surface area contributed by atoms with E-state index in [0.29, 0.717) is 6.61 Å². The quantitative estimate of drug-likeness (QED) is 0.703. The Balaban J connectivity index is 2.11. The highest BCUT2D eigenvalue weighted by atomic mass is 32.3. The molecule has 2 aliphatic rings. The van der Waals surface area contributed by atoms with Gasteiger partial charge in [-0.2, -0.15) is 8.42 Å². The molecule has 2 atom stereocenters. The maximum absolute atomic E-state index is 12.8. The van der Waals surface area contributed by atoms with Crippen LogP contribution in [-0.2, 0) is 15.0 Å². The Hall–Kier alpha value is -0.200. The molecule has 2 rings (SSSR count). The van der Waals surface area contributed by atoms with E-state index in [9.17, 15) is 12.3 Å². The summed E-state index contributed by atoms with van der Waals surface area (Å²) in [5, 5.41) is 0. The molecule has 17 heavy (non-hydrogen) atoms. The van der Waals surface area contributed by atoms with Crippen LogP contribution in [0.5, 0.6) is 0 Å². The van der Waals surface area contributed by atoms with Crippen molar-refractivity contribution in [1.29, 1.82) is 0 Å². The summed E-state index contributed by atoms with van der Waals surface area (Å²) in [6.07, 6.45) is 3.29. The molecule has 0 aliphatic carbocycles. The monoisotopic (exact) mass is 265 g/mol. The van der Waals surface area contributed by atoms with Crippen molar-refractivity contribution in [3.8, 4) is 0 Å². The predicted molar refractivity (Wildman–Crippen MR) is 63.0 cm³/mol. The average Bonchev–Trinajstić information content (AvgIpc) is 2.45. The number of halogens is 1. The Morgan fingerprint density at radius 2 is 2.12 bits per heavy atom. The number of likely N-dealkylation sites (tertiary alicyclic amines) is 1. The average molecular weight is 265 g/mol. The van der Waals surface area contributed by atoms with Crippen LogP contribution < -0.4 is 0 Å². The zero-order chi connectivity index (χ0) is 12.5. The van der Waals surface area contributed by atoms with E-state index in [4.69, 9.17) is 4.74 Å². The molecule has 2 unspecified atom stereocenters. The fourth-order valence-electron chi connectivity index (χ4n) is 3.07. The van der Waals surface area contributed by atoms with Crippen LogP contribution in [0.2, 0.25) is 0 Å². The fourth-order valence-corrected chi connectivity index (χ4v) is 3.88. The van der Waals surface area contributed by atoms with E-state index < -0.39 is 22.1 Å². The lowest BCUT2D eigenvalue weighted by Crippen LogP contribution is -2.36. The zero-order valence-electron chi connectivity index (χ0n) is 10.2. The van der Waals surface area contributed by atoms with Gasteiger partial charge in [0, 0.05) is 12.0 Å². The molecule has 0 aromatic rings. The molecule has 2 aliphatic heterocycles. The Morgan fingerprint density at radius 3 is 2.82 bits per heavy atom. The predicted octanol–water partition coefficient (Wildman–Crippen LogP) is 1.18. The minimum Gasteiger partial charge on any atom is -0.376 e. The Morgan fingerprint density at radius 1 is 1.35 bits per heavy atom. The molecule has 6 heteroatoms. The molecule has 100 valence electrons. The summed E-state index contributed by atoms with van der Waals surface area (Å²) in [6.45, 7) is 2.52. The molecule has 0 aromatic heterocycles. The van der Waals surface area contributed by atoms with Gasteiger partial charge in [0.05, 0.1) is 6.10 Å². The third-order valence-electron chi connectivity index (χ3n) is 4.16. The third kappa shape index (κ3) is 3.17.